The van der Waals surface area contributed by atoms with E-state index in [4.69, 9.17) is 13.9 Å². The highest BCUT2D eigenvalue weighted by atomic mass is 28.4. The maximum Gasteiger partial charge on any atom is 0.337 e. The molecule has 6 heteroatoms. The molecule has 1 aliphatic heterocycles. The fraction of sp³-hybridized carbons (Fsp3) is 0.724. The van der Waals surface area contributed by atoms with Crippen molar-refractivity contribution in [1.29, 1.82) is 0 Å². The lowest BCUT2D eigenvalue weighted by atomic mass is 9.84. The standard InChI is InChI=1S/C29H46O5Si/c1-19(2)35(20(3)4,21(5)6)32-16-15-25-22(17-23-13-14-26(30)28(23)25)11-9-10-12-24-18-27(31)34-29(7,8)33-24/h9,11,13-14,18-23,25,28H,10,12,15-17H2,1-8H3/b11-9+/t22-,23+,25+,28+/m1/s1. The maximum absolute atomic E-state index is 12.7. The van der Waals surface area contributed by atoms with E-state index >= 15 is 0 Å². The second-order valence-electron chi connectivity index (χ2n) is 12.0. The van der Waals surface area contributed by atoms with E-state index in [0.717, 1.165) is 25.9 Å². The van der Waals surface area contributed by atoms with Gasteiger partial charge in [0, 0.05) is 32.8 Å². The summed E-state index contributed by atoms with van der Waals surface area (Å²) in [5, 5.41) is 0. The second-order valence-corrected chi connectivity index (χ2v) is 17.4. The summed E-state index contributed by atoms with van der Waals surface area (Å²) in [5.74, 6) is 0.835. The molecule has 4 atom stereocenters. The molecule has 0 radical (unpaired) electrons. The van der Waals surface area contributed by atoms with Gasteiger partial charge in [-0.15, -0.1) is 0 Å². The number of cyclic esters (lactones) is 1. The first kappa shape index (κ1) is 27.9. The summed E-state index contributed by atoms with van der Waals surface area (Å²) in [6.45, 7) is 18.2. The number of hydrogen-bond acceptors (Lipinski definition) is 5. The topological polar surface area (TPSA) is 61.8 Å². The Labute approximate surface area is 213 Å². The van der Waals surface area contributed by atoms with Crippen LogP contribution in [0.5, 0.6) is 0 Å². The number of fused-ring (bicyclic) bond motifs is 1. The summed E-state index contributed by atoms with van der Waals surface area (Å²) in [4.78, 5) is 24.5. The lowest BCUT2D eigenvalue weighted by Gasteiger charge is -2.42. The number of hydrogen-bond donors (Lipinski definition) is 0. The van der Waals surface area contributed by atoms with Crippen LogP contribution in [0.2, 0.25) is 16.6 Å². The Bertz CT molecular complexity index is 845. The third kappa shape index (κ3) is 6.19. The van der Waals surface area contributed by atoms with Crippen molar-refractivity contribution in [3.8, 4) is 0 Å². The number of carbonyl (C=O) groups excluding carboxylic acids is 2. The van der Waals surface area contributed by atoms with E-state index in [-0.39, 0.29) is 17.7 Å². The minimum Gasteiger partial charge on any atom is -0.457 e. The second kappa shape index (κ2) is 11.2. The predicted octanol–water partition coefficient (Wildman–Crippen LogP) is 7.11. The Morgan fingerprint density at radius 2 is 1.74 bits per heavy atom. The lowest BCUT2D eigenvalue weighted by Crippen LogP contribution is -2.48. The third-order valence-corrected chi connectivity index (χ3v) is 14.4. The van der Waals surface area contributed by atoms with Crippen molar-refractivity contribution >= 4 is 20.1 Å². The van der Waals surface area contributed by atoms with Gasteiger partial charge in [0.25, 0.3) is 0 Å². The number of esters is 1. The van der Waals surface area contributed by atoms with Gasteiger partial charge < -0.3 is 13.9 Å². The zero-order valence-electron chi connectivity index (χ0n) is 23.0. The molecule has 1 fully saturated rings. The number of ketones is 1. The predicted molar refractivity (Wildman–Crippen MR) is 142 cm³/mol. The van der Waals surface area contributed by atoms with Crippen molar-refractivity contribution in [2.45, 2.75) is 103 Å². The van der Waals surface area contributed by atoms with Crippen LogP contribution in [0.25, 0.3) is 0 Å². The molecule has 0 unspecified atom stereocenters. The van der Waals surface area contributed by atoms with Crippen LogP contribution in [-0.2, 0) is 23.5 Å². The Kier molecular flexibility index (Phi) is 8.90. The van der Waals surface area contributed by atoms with E-state index in [2.05, 4.69) is 59.8 Å². The van der Waals surface area contributed by atoms with Gasteiger partial charge in [-0.05, 0) is 59.7 Å². The molecule has 35 heavy (non-hydrogen) atoms. The van der Waals surface area contributed by atoms with E-state index in [0.29, 0.717) is 46.6 Å². The highest BCUT2D eigenvalue weighted by molar-refractivity contribution is 6.77. The number of ether oxygens (including phenoxy) is 2. The molecule has 1 heterocycles. The fourth-order valence-electron chi connectivity index (χ4n) is 7.04. The molecule has 0 aromatic heterocycles. The Balaban J connectivity index is 1.64. The average Bonchev–Trinajstić information content (AvgIpc) is 3.25. The molecular formula is C29H46O5Si. The van der Waals surface area contributed by atoms with Crippen LogP contribution in [0.4, 0.5) is 0 Å². The number of rotatable bonds is 11. The molecule has 196 valence electrons. The minimum absolute atomic E-state index is 0.0985. The van der Waals surface area contributed by atoms with Gasteiger partial charge in [-0.25, -0.2) is 4.79 Å². The Morgan fingerprint density at radius 1 is 1.09 bits per heavy atom. The zero-order valence-corrected chi connectivity index (χ0v) is 24.0. The van der Waals surface area contributed by atoms with Gasteiger partial charge in [0.1, 0.15) is 5.76 Å². The molecule has 0 aromatic carbocycles. The number of carbonyl (C=O) groups is 2. The molecule has 0 aromatic rings. The molecule has 0 saturated heterocycles. The summed E-state index contributed by atoms with van der Waals surface area (Å²) < 4.78 is 17.8. The van der Waals surface area contributed by atoms with Crippen molar-refractivity contribution in [2.75, 3.05) is 6.61 Å². The van der Waals surface area contributed by atoms with Gasteiger partial charge in [-0.1, -0.05) is 59.8 Å². The van der Waals surface area contributed by atoms with Crippen LogP contribution in [0.1, 0.15) is 81.1 Å². The minimum atomic E-state index is -1.92. The van der Waals surface area contributed by atoms with Crippen LogP contribution < -0.4 is 0 Å². The first-order valence-electron chi connectivity index (χ1n) is 13.5. The van der Waals surface area contributed by atoms with Crippen LogP contribution in [0.3, 0.4) is 0 Å². The highest BCUT2D eigenvalue weighted by Crippen LogP contribution is 2.49. The quantitative estimate of drug-likeness (QED) is 0.171. The van der Waals surface area contributed by atoms with E-state index in [9.17, 15) is 9.59 Å². The summed E-state index contributed by atoms with van der Waals surface area (Å²) >= 11 is 0. The molecule has 0 bridgehead atoms. The van der Waals surface area contributed by atoms with E-state index in [1.165, 1.54) is 6.08 Å². The molecule has 0 spiro atoms. The normalized spacial score (nSPS) is 28.3. The first-order chi connectivity index (χ1) is 16.4. The van der Waals surface area contributed by atoms with E-state index < -0.39 is 14.1 Å². The van der Waals surface area contributed by atoms with Gasteiger partial charge in [0.15, 0.2) is 14.1 Å². The van der Waals surface area contributed by atoms with Crippen molar-refractivity contribution in [3.63, 3.8) is 0 Å². The van der Waals surface area contributed by atoms with Gasteiger partial charge >= 0.3 is 5.97 Å². The number of allylic oxidation sites excluding steroid dienone is 5. The van der Waals surface area contributed by atoms with Crippen molar-refractivity contribution in [2.24, 2.45) is 23.7 Å². The fourth-order valence-corrected chi connectivity index (χ4v) is 12.5. The molecule has 1 saturated carbocycles. The molecule has 3 aliphatic rings. The monoisotopic (exact) mass is 502 g/mol. The molecule has 5 nitrogen and oxygen atoms in total. The van der Waals surface area contributed by atoms with Gasteiger partial charge in [-0.2, -0.15) is 0 Å². The first-order valence-corrected chi connectivity index (χ1v) is 15.7. The van der Waals surface area contributed by atoms with E-state index in [1.54, 1.807) is 19.9 Å². The highest BCUT2D eigenvalue weighted by Gasteiger charge is 2.48. The zero-order chi connectivity index (χ0) is 26.0. The Hall–Kier alpha value is -1.66. The molecular weight excluding hydrogens is 456 g/mol. The maximum atomic E-state index is 12.7. The van der Waals surface area contributed by atoms with Crippen molar-refractivity contribution in [1.82, 2.24) is 0 Å². The lowest BCUT2D eigenvalue weighted by molar-refractivity contribution is -0.205. The molecule has 0 N–H and O–H groups in total. The van der Waals surface area contributed by atoms with E-state index in [1.807, 2.05) is 0 Å². The summed E-state index contributed by atoms with van der Waals surface area (Å²) in [5.41, 5.74) is 1.67. The molecule has 0 amide bonds. The van der Waals surface area contributed by atoms with Gasteiger partial charge in [0.2, 0.25) is 5.79 Å². The van der Waals surface area contributed by atoms with Gasteiger partial charge in [-0.3, -0.25) is 4.79 Å². The van der Waals surface area contributed by atoms with Crippen LogP contribution >= 0.6 is 0 Å². The van der Waals surface area contributed by atoms with Crippen molar-refractivity contribution in [3.05, 3.63) is 36.1 Å². The largest absolute Gasteiger partial charge is 0.457 e. The van der Waals surface area contributed by atoms with Crippen molar-refractivity contribution < 1.29 is 23.5 Å². The summed E-state index contributed by atoms with van der Waals surface area (Å²) in [6.07, 6.45) is 13.3. The summed E-state index contributed by atoms with van der Waals surface area (Å²) in [7, 11) is -1.92. The molecule has 2 aliphatic carbocycles. The van der Waals surface area contributed by atoms with Crippen LogP contribution in [0.15, 0.2) is 36.1 Å². The van der Waals surface area contributed by atoms with Crippen LogP contribution in [-0.4, -0.2) is 32.5 Å². The van der Waals surface area contributed by atoms with Crippen LogP contribution in [0, 0.1) is 23.7 Å². The Morgan fingerprint density at radius 3 is 2.34 bits per heavy atom. The summed E-state index contributed by atoms with van der Waals surface area (Å²) in [6, 6.07) is 0. The smallest absolute Gasteiger partial charge is 0.337 e. The third-order valence-electron chi connectivity index (χ3n) is 8.31. The average molecular weight is 503 g/mol. The SMILES string of the molecule is CC(C)[Si](OCC[C@@H]1[C@H]2C(=O)C=C[C@H]2C[C@H]1/C=C/CCC1=CC(=O)OC(C)(C)O1)(C(C)C)C(C)C. The molecule has 3 rings (SSSR count). The van der Waals surface area contributed by atoms with Gasteiger partial charge in [0.05, 0.1) is 6.08 Å².